The molecule has 2 rings (SSSR count). The number of hydrogen-bond acceptors (Lipinski definition) is 5. The van der Waals surface area contributed by atoms with E-state index in [0.717, 1.165) is 32.1 Å². The van der Waals surface area contributed by atoms with Gasteiger partial charge in [0.05, 0.1) is 5.56 Å². The smallest absolute Gasteiger partial charge is 0.338 e. The first kappa shape index (κ1) is 20.4. The molecule has 4 amide bonds. The molecule has 1 fully saturated rings. The van der Waals surface area contributed by atoms with Crippen molar-refractivity contribution in [3.05, 3.63) is 29.8 Å². The van der Waals surface area contributed by atoms with E-state index in [1.807, 2.05) is 0 Å². The number of urea groups is 1. The van der Waals surface area contributed by atoms with Crippen LogP contribution in [0.1, 0.15) is 56.3 Å². The minimum Gasteiger partial charge on any atom is -0.449 e. The van der Waals surface area contributed by atoms with Gasteiger partial charge in [-0.3, -0.25) is 14.9 Å². The number of esters is 1. The maximum Gasteiger partial charge on any atom is 0.338 e. The number of carbonyl (C=O) groups excluding carboxylic acids is 4. The van der Waals surface area contributed by atoms with Crippen LogP contribution in [0.3, 0.4) is 0 Å². The van der Waals surface area contributed by atoms with E-state index < -0.39 is 24.0 Å². The highest BCUT2D eigenvalue weighted by atomic mass is 16.5. The minimum atomic E-state index is -1.14. The molecule has 0 spiro atoms. The molecule has 8 heteroatoms. The largest absolute Gasteiger partial charge is 0.449 e. The molecule has 0 saturated heterocycles. The second-order valence-electron chi connectivity index (χ2n) is 6.61. The Morgan fingerprint density at radius 1 is 1.11 bits per heavy atom. The van der Waals surface area contributed by atoms with E-state index in [9.17, 15) is 19.2 Å². The van der Waals surface area contributed by atoms with E-state index in [4.69, 9.17) is 4.74 Å². The number of amides is 4. The Morgan fingerprint density at radius 2 is 1.81 bits per heavy atom. The third-order valence-electron chi connectivity index (χ3n) is 4.25. The van der Waals surface area contributed by atoms with E-state index in [2.05, 4.69) is 16.0 Å². The number of carbonyl (C=O) groups is 4. The van der Waals surface area contributed by atoms with Gasteiger partial charge in [-0.25, -0.2) is 9.59 Å². The van der Waals surface area contributed by atoms with Gasteiger partial charge in [-0.15, -0.1) is 0 Å². The van der Waals surface area contributed by atoms with E-state index in [-0.39, 0.29) is 17.5 Å². The molecular weight excluding hydrogens is 350 g/mol. The lowest BCUT2D eigenvalue weighted by Crippen LogP contribution is -2.48. The zero-order valence-corrected chi connectivity index (χ0v) is 15.5. The summed E-state index contributed by atoms with van der Waals surface area (Å²) in [6.45, 7) is 2.74. The number of rotatable bonds is 5. The fourth-order valence-corrected chi connectivity index (χ4v) is 2.89. The molecular formula is C19H25N3O5. The highest BCUT2D eigenvalue weighted by Crippen LogP contribution is 2.17. The molecule has 0 unspecified atom stereocenters. The van der Waals surface area contributed by atoms with Gasteiger partial charge in [-0.1, -0.05) is 25.3 Å². The van der Waals surface area contributed by atoms with Gasteiger partial charge in [0.1, 0.15) is 0 Å². The molecule has 146 valence electrons. The summed E-state index contributed by atoms with van der Waals surface area (Å²) < 4.78 is 5.11. The number of hydrogen-bond donors (Lipinski definition) is 3. The van der Waals surface area contributed by atoms with E-state index in [1.54, 1.807) is 12.1 Å². The predicted octanol–water partition coefficient (Wildman–Crippen LogP) is 2.35. The van der Waals surface area contributed by atoms with Crippen LogP contribution in [-0.2, 0) is 14.3 Å². The van der Waals surface area contributed by atoms with Crippen molar-refractivity contribution in [1.82, 2.24) is 10.6 Å². The first-order valence-electron chi connectivity index (χ1n) is 9.05. The Hall–Kier alpha value is -2.90. The minimum absolute atomic E-state index is 0.0703. The molecule has 1 aliphatic carbocycles. The zero-order chi connectivity index (χ0) is 19.8. The summed E-state index contributed by atoms with van der Waals surface area (Å²) in [7, 11) is 0. The van der Waals surface area contributed by atoms with Crippen LogP contribution in [0.2, 0.25) is 0 Å². The standard InChI is InChI=1S/C19H25N3O5/c1-12(17(24)22-19(26)21-15-8-4-3-5-9-15)27-18(25)14-7-6-10-16(11-14)20-13(2)23/h6-7,10-12,15H,3-5,8-9H2,1-2H3,(H,20,23)(H2,21,22,24,26)/t12-/m0/s1. The Balaban J connectivity index is 1.84. The van der Waals surface area contributed by atoms with E-state index in [1.165, 1.54) is 26.0 Å². The lowest BCUT2D eigenvalue weighted by Gasteiger charge is -2.23. The van der Waals surface area contributed by atoms with Crippen LogP contribution in [0.25, 0.3) is 0 Å². The monoisotopic (exact) mass is 375 g/mol. The van der Waals surface area contributed by atoms with Crippen molar-refractivity contribution in [3.8, 4) is 0 Å². The van der Waals surface area contributed by atoms with E-state index in [0.29, 0.717) is 5.69 Å². The van der Waals surface area contributed by atoms with Crippen molar-refractivity contribution in [2.24, 2.45) is 0 Å². The van der Waals surface area contributed by atoms with Gasteiger partial charge in [0.25, 0.3) is 5.91 Å². The molecule has 1 aromatic carbocycles. The van der Waals surface area contributed by atoms with Gasteiger partial charge >= 0.3 is 12.0 Å². The zero-order valence-electron chi connectivity index (χ0n) is 15.5. The van der Waals surface area contributed by atoms with Gasteiger partial charge < -0.3 is 15.4 Å². The number of ether oxygens (including phenoxy) is 1. The average molecular weight is 375 g/mol. The first-order chi connectivity index (χ1) is 12.8. The van der Waals surface area contributed by atoms with Crippen LogP contribution < -0.4 is 16.0 Å². The van der Waals surface area contributed by atoms with Gasteiger partial charge in [-0.05, 0) is 38.0 Å². The number of imide groups is 1. The summed E-state index contributed by atoms with van der Waals surface area (Å²) >= 11 is 0. The number of benzene rings is 1. The molecule has 0 heterocycles. The first-order valence-corrected chi connectivity index (χ1v) is 9.05. The van der Waals surface area contributed by atoms with Crippen molar-refractivity contribution < 1.29 is 23.9 Å². The van der Waals surface area contributed by atoms with Crippen LogP contribution in [-0.4, -0.2) is 36.0 Å². The topological polar surface area (TPSA) is 114 Å². The predicted molar refractivity (Wildman–Crippen MR) is 99.2 cm³/mol. The van der Waals surface area contributed by atoms with Gasteiger partial charge in [0, 0.05) is 18.7 Å². The molecule has 1 aliphatic rings. The second-order valence-corrected chi connectivity index (χ2v) is 6.61. The third-order valence-corrected chi connectivity index (χ3v) is 4.25. The molecule has 0 aliphatic heterocycles. The molecule has 1 aromatic rings. The van der Waals surface area contributed by atoms with Crippen molar-refractivity contribution in [2.75, 3.05) is 5.32 Å². The molecule has 0 bridgehead atoms. The SMILES string of the molecule is CC(=O)Nc1cccc(C(=O)O[C@@H](C)C(=O)NC(=O)NC2CCCCC2)c1. The molecule has 1 atom stereocenters. The van der Waals surface area contributed by atoms with Crippen LogP contribution in [0, 0.1) is 0 Å². The number of nitrogens with one attached hydrogen (secondary N) is 3. The molecule has 0 aromatic heterocycles. The molecule has 1 saturated carbocycles. The fourth-order valence-electron chi connectivity index (χ4n) is 2.89. The quantitative estimate of drug-likeness (QED) is 0.684. The van der Waals surface area contributed by atoms with E-state index >= 15 is 0 Å². The molecule has 0 radical (unpaired) electrons. The summed E-state index contributed by atoms with van der Waals surface area (Å²) in [4.78, 5) is 47.2. The molecule has 3 N–H and O–H groups in total. The maximum absolute atomic E-state index is 12.2. The lowest BCUT2D eigenvalue weighted by atomic mass is 9.96. The average Bonchev–Trinajstić information content (AvgIpc) is 2.62. The number of anilines is 1. The van der Waals surface area contributed by atoms with Crippen molar-refractivity contribution in [1.29, 1.82) is 0 Å². The molecule has 8 nitrogen and oxygen atoms in total. The lowest BCUT2D eigenvalue weighted by molar-refractivity contribution is -0.127. The Labute approximate surface area is 158 Å². The summed E-state index contributed by atoms with van der Waals surface area (Å²) in [5, 5.41) is 7.52. The van der Waals surface area contributed by atoms with Crippen molar-refractivity contribution in [2.45, 2.75) is 58.1 Å². The van der Waals surface area contributed by atoms with Crippen molar-refractivity contribution >= 4 is 29.5 Å². The summed E-state index contributed by atoms with van der Waals surface area (Å²) in [5.41, 5.74) is 0.633. The maximum atomic E-state index is 12.2. The highest BCUT2D eigenvalue weighted by Gasteiger charge is 2.22. The van der Waals surface area contributed by atoms with Gasteiger partial charge in [-0.2, -0.15) is 0 Å². The van der Waals surface area contributed by atoms with Gasteiger partial charge in [0.2, 0.25) is 5.91 Å². The Morgan fingerprint density at radius 3 is 2.48 bits per heavy atom. The summed E-state index contributed by atoms with van der Waals surface area (Å²) in [6.07, 6.45) is 3.94. The van der Waals surface area contributed by atoms with Crippen molar-refractivity contribution in [3.63, 3.8) is 0 Å². The second kappa shape index (κ2) is 9.70. The van der Waals surface area contributed by atoms with Crippen LogP contribution in [0.4, 0.5) is 10.5 Å². The fraction of sp³-hybridized carbons (Fsp3) is 0.474. The van der Waals surface area contributed by atoms with Crippen LogP contribution in [0.15, 0.2) is 24.3 Å². The van der Waals surface area contributed by atoms with Crippen LogP contribution >= 0.6 is 0 Å². The van der Waals surface area contributed by atoms with Crippen LogP contribution in [0.5, 0.6) is 0 Å². The highest BCUT2D eigenvalue weighted by molar-refractivity contribution is 5.99. The normalized spacial score (nSPS) is 15.3. The van der Waals surface area contributed by atoms with Gasteiger partial charge in [0.15, 0.2) is 6.10 Å². The Bertz CT molecular complexity index is 713. The summed E-state index contributed by atoms with van der Waals surface area (Å²) in [5.74, 6) is -1.69. The third kappa shape index (κ3) is 6.73. The summed E-state index contributed by atoms with van der Waals surface area (Å²) in [6, 6.07) is 5.66. The Kier molecular flexibility index (Phi) is 7.34. The molecule has 27 heavy (non-hydrogen) atoms.